The quantitative estimate of drug-likeness (QED) is 0.712. The average Bonchev–Trinajstić information content (AvgIpc) is 2.29. The van der Waals surface area contributed by atoms with E-state index in [4.69, 9.17) is 5.26 Å². The van der Waals surface area contributed by atoms with Crippen LogP contribution in [0.4, 0.5) is 5.69 Å². The molecule has 1 aromatic heterocycles. The van der Waals surface area contributed by atoms with E-state index >= 15 is 0 Å². The monoisotopic (exact) mass is 197 g/mol. The summed E-state index contributed by atoms with van der Waals surface area (Å²) in [6.45, 7) is 0. The van der Waals surface area contributed by atoms with Gasteiger partial charge in [-0.15, -0.1) is 0 Å². The van der Waals surface area contributed by atoms with Gasteiger partial charge in [-0.1, -0.05) is 0 Å². The van der Waals surface area contributed by atoms with Gasteiger partial charge in [0.25, 0.3) is 0 Å². The Morgan fingerprint density at radius 3 is 3.07 bits per heavy atom. The zero-order chi connectivity index (χ0) is 10.7. The van der Waals surface area contributed by atoms with Gasteiger partial charge in [-0.05, 0) is 24.3 Å². The zero-order valence-corrected chi connectivity index (χ0v) is 7.75. The third kappa shape index (κ3) is 1.63. The van der Waals surface area contributed by atoms with Gasteiger partial charge in [0.2, 0.25) is 0 Å². The Balaban J connectivity index is 2.73. The number of pyridine rings is 1. The Labute approximate surface area is 86.1 Å². The molecule has 1 heterocycles. The van der Waals surface area contributed by atoms with Crippen molar-refractivity contribution >= 4 is 22.8 Å². The van der Waals surface area contributed by atoms with Crippen molar-refractivity contribution in [3.63, 3.8) is 0 Å². The molecular weight excluding hydrogens is 190 g/mol. The predicted octanol–water partition coefficient (Wildman–Crippen LogP) is 2.17. The number of aliphatic imine (C=N–C) groups is 1. The van der Waals surface area contributed by atoms with Gasteiger partial charge in [0.05, 0.1) is 5.69 Å². The third-order valence-corrected chi connectivity index (χ3v) is 1.99. The summed E-state index contributed by atoms with van der Waals surface area (Å²) in [5.41, 5.74) is 1.11. The molecule has 0 saturated carbocycles. The molecule has 72 valence electrons. The second kappa shape index (κ2) is 3.76. The number of fused-ring (bicyclic) bond motifs is 1. The maximum Gasteiger partial charge on any atom is 0.141 e. The van der Waals surface area contributed by atoms with Gasteiger partial charge in [-0.25, -0.2) is 4.99 Å². The van der Waals surface area contributed by atoms with E-state index in [0.717, 1.165) is 11.6 Å². The van der Waals surface area contributed by atoms with Crippen LogP contribution in [0, 0.1) is 11.3 Å². The molecule has 0 aliphatic carbocycles. The van der Waals surface area contributed by atoms with Crippen molar-refractivity contribution in [2.45, 2.75) is 0 Å². The van der Waals surface area contributed by atoms with Crippen molar-refractivity contribution in [3.8, 4) is 11.8 Å². The normalized spacial score (nSPS) is 10.6. The maximum atomic E-state index is 9.54. The molecule has 0 atom stereocenters. The van der Waals surface area contributed by atoms with Crippen LogP contribution in [0.5, 0.6) is 5.75 Å². The molecule has 2 aromatic rings. The van der Waals surface area contributed by atoms with Gasteiger partial charge in [-0.2, -0.15) is 5.26 Å². The number of nitrogens with zero attached hydrogens (tertiary/aromatic N) is 3. The number of nitriles is 1. The minimum atomic E-state index is 0.113. The maximum absolute atomic E-state index is 9.54. The lowest BCUT2D eigenvalue weighted by atomic mass is 10.1. The Bertz CT molecular complexity index is 570. The molecule has 0 unspecified atom stereocenters. The first kappa shape index (κ1) is 9.16. The first-order chi connectivity index (χ1) is 7.33. The lowest BCUT2D eigenvalue weighted by molar-refractivity contribution is 0.480. The standard InChI is InChI=1S/C11H7N3O/c12-5-7-13-9-3-4-10(15)11-8(9)2-1-6-14-11/h1-4,6-7,15H. The summed E-state index contributed by atoms with van der Waals surface area (Å²) >= 11 is 0. The Kier molecular flexibility index (Phi) is 2.30. The summed E-state index contributed by atoms with van der Waals surface area (Å²) in [7, 11) is 0. The molecule has 0 bridgehead atoms. The molecule has 0 aliphatic heterocycles. The van der Waals surface area contributed by atoms with Gasteiger partial charge in [0.15, 0.2) is 0 Å². The lowest BCUT2D eigenvalue weighted by Gasteiger charge is -2.01. The minimum Gasteiger partial charge on any atom is -0.506 e. The van der Waals surface area contributed by atoms with E-state index in [-0.39, 0.29) is 5.75 Å². The van der Waals surface area contributed by atoms with Crippen molar-refractivity contribution in [2.24, 2.45) is 4.99 Å². The van der Waals surface area contributed by atoms with E-state index in [1.807, 2.05) is 6.07 Å². The number of phenols is 1. The Hall–Kier alpha value is -2.41. The zero-order valence-electron chi connectivity index (χ0n) is 7.75. The molecule has 4 heteroatoms. The van der Waals surface area contributed by atoms with Gasteiger partial charge in [-0.3, -0.25) is 4.98 Å². The highest BCUT2D eigenvalue weighted by Crippen LogP contribution is 2.30. The molecule has 2 rings (SSSR count). The molecule has 0 spiro atoms. The van der Waals surface area contributed by atoms with Crippen molar-refractivity contribution in [1.82, 2.24) is 4.98 Å². The van der Waals surface area contributed by atoms with E-state index < -0.39 is 0 Å². The SMILES string of the molecule is N#CC=Nc1ccc(O)c2ncccc12. The fraction of sp³-hybridized carbons (Fsp3) is 0. The van der Waals surface area contributed by atoms with Crippen LogP contribution >= 0.6 is 0 Å². The van der Waals surface area contributed by atoms with Crippen LogP contribution < -0.4 is 0 Å². The highest BCUT2D eigenvalue weighted by atomic mass is 16.3. The molecule has 0 aliphatic rings. The summed E-state index contributed by atoms with van der Waals surface area (Å²) in [6.07, 6.45) is 2.75. The van der Waals surface area contributed by atoms with Crippen LogP contribution in [0.2, 0.25) is 0 Å². The Morgan fingerprint density at radius 1 is 1.40 bits per heavy atom. The van der Waals surface area contributed by atoms with Crippen molar-refractivity contribution in [3.05, 3.63) is 30.5 Å². The number of benzene rings is 1. The third-order valence-electron chi connectivity index (χ3n) is 1.99. The van der Waals surface area contributed by atoms with Crippen LogP contribution in [0.15, 0.2) is 35.5 Å². The minimum absolute atomic E-state index is 0.113. The largest absolute Gasteiger partial charge is 0.506 e. The molecule has 1 N–H and O–H groups in total. The van der Waals surface area contributed by atoms with E-state index in [0.29, 0.717) is 11.2 Å². The fourth-order valence-corrected chi connectivity index (χ4v) is 1.35. The van der Waals surface area contributed by atoms with Crippen LogP contribution in [0.3, 0.4) is 0 Å². The summed E-state index contributed by atoms with van der Waals surface area (Å²) in [4.78, 5) is 8.00. The molecule has 4 nitrogen and oxygen atoms in total. The topological polar surface area (TPSA) is 69.3 Å². The Morgan fingerprint density at radius 2 is 2.27 bits per heavy atom. The number of aromatic nitrogens is 1. The number of hydrogen-bond donors (Lipinski definition) is 1. The van der Waals surface area contributed by atoms with Crippen LogP contribution in [-0.4, -0.2) is 16.3 Å². The van der Waals surface area contributed by atoms with Crippen molar-refractivity contribution < 1.29 is 5.11 Å². The van der Waals surface area contributed by atoms with E-state index in [9.17, 15) is 5.11 Å². The molecule has 15 heavy (non-hydrogen) atoms. The molecule has 0 saturated heterocycles. The van der Waals surface area contributed by atoms with Crippen LogP contribution in [0.25, 0.3) is 10.9 Å². The number of aromatic hydroxyl groups is 1. The van der Waals surface area contributed by atoms with E-state index in [2.05, 4.69) is 9.98 Å². The number of rotatable bonds is 1. The van der Waals surface area contributed by atoms with Gasteiger partial charge < -0.3 is 5.11 Å². The second-order valence-corrected chi connectivity index (χ2v) is 2.89. The first-order valence-corrected chi connectivity index (χ1v) is 4.32. The first-order valence-electron chi connectivity index (χ1n) is 4.32. The number of phenolic OH excluding ortho intramolecular Hbond substituents is 1. The average molecular weight is 197 g/mol. The van der Waals surface area contributed by atoms with Crippen LogP contribution in [0.1, 0.15) is 0 Å². The van der Waals surface area contributed by atoms with Crippen LogP contribution in [-0.2, 0) is 0 Å². The summed E-state index contributed by atoms with van der Waals surface area (Å²) in [5, 5.41) is 18.7. The summed E-state index contributed by atoms with van der Waals surface area (Å²) in [5.74, 6) is 0.113. The summed E-state index contributed by atoms with van der Waals surface area (Å²) < 4.78 is 0. The summed E-state index contributed by atoms with van der Waals surface area (Å²) in [6, 6.07) is 8.54. The van der Waals surface area contributed by atoms with E-state index in [1.165, 1.54) is 6.07 Å². The highest BCUT2D eigenvalue weighted by molar-refractivity contribution is 5.95. The molecule has 0 amide bonds. The fourth-order valence-electron chi connectivity index (χ4n) is 1.35. The second-order valence-electron chi connectivity index (χ2n) is 2.89. The molecule has 0 radical (unpaired) electrons. The predicted molar refractivity (Wildman–Crippen MR) is 57.2 cm³/mol. The van der Waals surface area contributed by atoms with Gasteiger partial charge in [0.1, 0.15) is 23.6 Å². The van der Waals surface area contributed by atoms with Gasteiger partial charge in [0, 0.05) is 11.6 Å². The molecule has 0 fully saturated rings. The van der Waals surface area contributed by atoms with Crippen molar-refractivity contribution in [1.29, 1.82) is 5.26 Å². The molecular formula is C11H7N3O. The molecule has 1 aromatic carbocycles. The number of hydrogen-bond acceptors (Lipinski definition) is 4. The van der Waals surface area contributed by atoms with E-state index in [1.54, 1.807) is 24.4 Å². The highest BCUT2D eigenvalue weighted by Gasteiger charge is 2.03. The van der Waals surface area contributed by atoms with Gasteiger partial charge >= 0.3 is 0 Å². The lowest BCUT2D eigenvalue weighted by Crippen LogP contribution is -1.79. The smallest absolute Gasteiger partial charge is 0.141 e. The van der Waals surface area contributed by atoms with Crippen molar-refractivity contribution in [2.75, 3.05) is 0 Å².